The van der Waals surface area contributed by atoms with Gasteiger partial charge in [0.2, 0.25) is 0 Å². The number of nitrogens with one attached hydrogen (secondary N) is 1. The monoisotopic (exact) mass is 232 g/mol. The largest absolute Gasteiger partial charge is 0.321 e. The first-order valence-corrected chi connectivity index (χ1v) is 6.63. The van der Waals surface area contributed by atoms with Crippen LogP contribution in [-0.2, 0) is 5.54 Å². The van der Waals surface area contributed by atoms with Crippen molar-refractivity contribution >= 4 is 0 Å². The first-order chi connectivity index (χ1) is 8.08. The van der Waals surface area contributed by atoms with Gasteiger partial charge >= 0.3 is 0 Å². The molecule has 1 saturated carbocycles. The van der Waals surface area contributed by atoms with Crippen molar-refractivity contribution in [3.63, 3.8) is 0 Å². The maximum Gasteiger partial charge on any atom is 0.0507 e. The second-order valence-electron chi connectivity index (χ2n) is 5.74. The van der Waals surface area contributed by atoms with Gasteiger partial charge in [0, 0.05) is 13.1 Å². The second kappa shape index (κ2) is 4.79. The van der Waals surface area contributed by atoms with Gasteiger partial charge in [-0.3, -0.25) is 0 Å². The molecule has 1 aliphatic carbocycles. The molecule has 3 N–H and O–H groups in total. The van der Waals surface area contributed by atoms with Crippen LogP contribution in [0.5, 0.6) is 0 Å². The zero-order valence-corrected chi connectivity index (χ0v) is 11.0. The van der Waals surface area contributed by atoms with E-state index in [1.807, 2.05) is 6.07 Å². The molecule has 0 saturated heterocycles. The first-order valence-electron chi connectivity index (χ1n) is 6.63. The summed E-state index contributed by atoms with van der Waals surface area (Å²) >= 11 is 0. The molecule has 0 aromatic heterocycles. The Labute approximate surface area is 105 Å². The van der Waals surface area contributed by atoms with Crippen molar-refractivity contribution in [2.24, 2.45) is 11.1 Å². The van der Waals surface area contributed by atoms with Gasteiger partial charge in [-0.25, -0.2) is 0 Å². The lowest BCUT2D eigenvalue weighted by Gasteiger charge is -2.27. The summed E-state index contributed by atoms with van der Waals surface area (Å²) in [6, 6.07) is 10.3. The fourth-order valence-corrected chi connectivity index (χ4v) is 2.34. The maximum absolute atomic E-state index is 6.37. The van der Waals surface area contributed by atoms with Gasteiger partial charge in [-0.05, 0) is 37.2 Å². The summed E-state index contributed by atoms with van der Waals surface area (Å²) in [5, 5.41) is 3.55. The summed E-state index contributed by atoms with van der Waals surface area (Å²) in [5.41, 5.74) is 7.89. The highest BCUT2D eigenvalue weighted by atomic mass is 14.9. The Kier molecular flexibility index (Phi) is 3.55. The van der Waals surface area contributed by atoms with Gasteiger partial charge in [-0.15, -0.1) is 0 Å². The topological polar surface area (TPSA) is 38.0 Å². The Bertz CT molecular complexity index is 352. The van der Waals surface area contributed by atoms with Crippen LogP contribution in [0.15, 0.2) is 30.3 Å². The molecule has 1 unspecified atom stereocenters. The molecule has 0 amide bonds. The summed E-state index contributed by atoms with van der Waals surface area (Å²) in [7, 11) is 0. The summed E-state index contributed by atoms with van der Waals surface area (Å²) in [6.45, 7) is 6.34. The molecule has 0 heterocycles. The van der Waals surface area contributed by atoms with Gasteiger partial charge in [0.25, 0.3) is 0 Å². The van der Waals surface area contributed by atoms with Crippen LogP contribution in [0.4, 0.5) is 0 Å². The van der Waals surface area contributed by atoms with Crippen molar-refractivity contribution in [1.29, 1.82) is 0 Å². The molecule has 2 heteroatoms. The van der Waals surface area contributed by atoms with Crippen molar-refractivity contribution in [3.8, 4) is 0 Å². The molecular formula is C15H24N2. The zero-order valence-electron chi connectivity index (χ0n) is 11.0. The van der Waals surface area contributed by atoms with E-state index in [0.29, 0.717) is 5.41 Å². The molecule has 1 aromatic rings. The Morgan fingerprint density at radius 3 is 2.47 bits per heavy atom. The summed E-state index contributed by atoms with van der Waals surface area (Å²) in [6.07, 6.45) is 4.04. The van der Waals surface area contributed by atoms with E-state index in [1.54, 1.807) is 0 Å². The first kappa shape index (κ1) is 12.6. The minimum atomic E-state index is -0.273. The Morgan fingerprint density at radius 2 is 1.94 bits per heavy atom. The highest BCUT2D eigenvalue weighted by Crippen LogP contribution is 2.47. The number of rotatable bonds is 6. The molecule has 17 heavy (non-hydrogen) atoms. The third kappa shape index (κ3) is 3.08. The van der Waals surface area contributed by atoms with Crippen LogP contribution in [-0.4, -0.2) is 13.1 Å². The van der Waals surface area contributed by atoms with E-state index in [0.717, 1.165) is 13.1 Å². The van der Waals surface area contributed by atoms with E-state index >= 15 is 0 Å². The van der Waals surface area contributed by atoms with E-state index in [1.165, 1.54) is 24.8 Å². The molecule has 1 atom stereocenters. The molecule has 1 aliphatic rings. The maximum atomic E-state index is 6.37. The van der Waals surface area contributed by atoms with E-state index < -0.39 is 0 Å². The molecule has 1 fully saturated rings. The van der Waals surface area contributed by atoms with Crippen LogP contribution >= 0.6 is 0 Å². The average Bonchev–Trinajstić information content (AvgIpc) is 3.11. The van der Waals surface area contributed by atoms with Crippen LogP contribution in [0.1, 0.15) is 38.7 Å². The predicted octanol–water partition coefficient (Wildman–Crippen LogP) is 2.64. The van der Waals surface area contributed by atoms with Crippen molar-refractivity contribution in [2.75, 3.05) is 13.1 Å². The molecule has 0 spiro atoms. The van der Waals surface area contributed by atoms with Gasteiger partial charge in [0.15, 0.2) is 0 Å². The van der Waals surface area contributed by atoms with E-state index in [2.05, 4.69) is 43.4 Å². The molecule has 0 bridgehead atoms. The van der Waals surface area contributed by atoms with Crippen LogP contribution in [0.25, 0.3) is 0 Å². The third-order valence-electron chi connectivity index (χ3n) is 4.13. The lowest BCUT2D eigenvalue weighted by atomic mass is 9.93. The van der Waals surface area contributed by atoms with Crippen LogP contribution in [0, 0.1) is 5.41 Å². The minimum absolute atomic E-state index is 0.273. The molecular weight excluding hydrogens is 208 g/mol. The SMILES string of the molecule is CCC1(CNCC(C)(N)c2ccccc2)CC1. The molecule has 1 aromatic carbocycles. The van der Waals surface area contributed by atoms with E-state index in [4.69, 9.17) is 5.73 Å². The highest BCUT2D eigenvalue weighted by molar-refractivity contribution is 5.23. The Balaban J connectivity index is 1.85. The molecule has 94 valence electrons. The van der Waals surface area contributed by atoms with Crippen LogP contribution in [0.3, 0.4) is 0 Å². The number of hydrogen-bond donors (Lipinski definition) is 2. The second-order valence-corrected chi connectivity index (χ2v) is 5.74. The molecule has 0 radical (unpaired) electrons. The van der Waals surface area contributed by atoms with Gasteiger partial charge in [0.1, 0.15) is 0 Å². The fraction of sp³-hybridized carbons (Fsp3) is 0.600. The smallest absolute Gasteiger partial charge is 0.0507 e. The standard InChI is InChI=1S/C15H24N2/c1-3-15(9-10-15)12-17-11-14(2,16)13-7-5-4-6-8-13/h4-8,17H,3,9-12,16H2,1-2H3. The molecule has 2 nitrogen and oxygen atoms in total. The fourth-order valence-electron chi connectivity index (χ4n) is 2.34. The van der Waals surface area contributed by atoms with Crippen LogP contribution < -0.4 is 11.1 Å². The molecule has 0 aliphatic heterocycles. The summed E-state index contributed by atoms with van der Waals surface area (Å²) in [4.78, 5) is 0. The molecule has 2 rings (SSSR count). The summed E-state index contributed by atoms with van der Waals surface area (Å²) in [5.74, 6) is 0. The number of nitrogens with two attached hydrogens (primary N) is 1. The quantitative estimate of drug-likeness (QED) is 0.791. The third-order valence-corrected chi connectivity index (χ3v) is 4.13. The van der Waals surface area contributed by atoms with Crippen molar-refractivity contribution < 1.29 is 0 Å². The van der Waals surface area contributed by atoms with E-state index in [9.17, 15) is 0 Å². The van der Waals surface area contributed by atoms with Crippen molar-refractivity contribution in [2.45, 2.75) is 38.6 Å². The lowest BCUT2D eigenvalue weighted by Crippen LogP contribution is -2.44. The summed E-state index contributed by atoms with van der Waals surface area (Å²) < 4.78 is 0. The van der Waals surface area contributed by atoms with Gasteiger partial charge in [-0.2, -0.15) is 0 Å². The van der Waals surface area contributed by atoms with Gasteiger partial charge in [-0.1, -0.05) is 37.3 Å². The highest BCUT2D eigenvalue weighted by Gasteiger charge is 2.40. The van der Waals surface area contributed by atoms with Crippen molar-refractivity contribution in [1.82, 2.24) is 5.32 Å². The average molecular weight is 232 g/mol. The lowest BCUT2D eigenvalue weighted by molar-refractivity contribution is 0.387. The normalized spacial score (nSPS) is 20.9. The van der Waals surface area contributed by atoms with Crippen LogP contribution in [0.2, 0.25) is 0 Å². The van der Waals surface area contributed by atoms with Gasteiger partial charge in [0.05, 0.1) is 5.54 Å². The van der Waals surface area contributed by atoms with Crippen molar-refractivity contribution in [3.05, 3.63) is 35.9 Å². The number of hydrogen-bond acceptors (Lipinski definition) is 2. The Morgan fingerprint density at radius 1 is 1.29 bits per heavy atom. The zero-order chi connectivity index (χ0) is 12.4. The predicted molar refractivity (Wildman–Crippen MR) is 72.8 cm³/mol. The van der Waals surface area contributed by atoms with E-state index in [-0.39, 0.29) is 5.54 Å². The Hall–Kier alpha value is -0.860. The number of benzene rings is 1. The van der Waals surface area contributed by atoms with Gasteiger partial charge < -0.3 is 11.1 Å². The minimum Gasteiger partial charge on any atom is -0.321 e.